The van der Waals surface area contributed by atoms with E-state index >= 15 is 0 Å². The van der Waals surface area contributed by atoms with E-state index in [1.165, 1.54) is 4.90 Å². The van der Waals surface area contributed by atoms with Crippen LogP contribution >= 0.6 is 0 Å². The Balaban J connectivity index is 1.94. The zero-order chi connectivity index (χ0) is 13.4. The summed E-state index contributed by atoms with van der Waals surface area (Å²) < 4.78 is 0. The lowest BCUT2D eigenvalue weighted by Crippen LogP contribution is -2.49. The van der Waals surface area contributed by atoms with Crippen LogP contribution in [0.15, 0.2) is 24.3 Å². The van der Waals surface area contributed by atoms with Crippen LogP contribution in [0.3, 0.4) is 0 Å². The Morgan fingerprint density at radius 2 is 1.53 bits per heavy atom. The molecule has 0 saturated heterocycles. The highest BCUT2D eigenvalue weighted by molar-refractivity contribution is 6.21. The van der Waals surface area contributed by atoms with E-state index in [0.29, 0.717) is 11.1 Å². The molecule has 3 rings (SSSR count). The van der Waals surface area contributed by atoms with Crippen LogP contribution in [0.5, 0.6) is 0 Å². The number of nitrogens with zero attached hydrogens (tertiary/aromatic N) is 1. The predicted octanol–water partition coefficient (Wildman–Crippen LogP) is 1.94. The van der Waals surface area contributed by atoms with E-state index in [2.05, 4.69) is 0 Å². The van der Waals surface area contributed by atoms with Crippen molar-refractivity contribution in [2.75, 3.05) is 0 Å². The molecule has 1 saturated carbocycles. The van der Waals surface area contributed by atoms with Crippen molar-refractivity contribution < 1.29 is 9.59 Å². The van der Waals surface area contributed by atoms with Gasteiger partial charge in [0.15, 0.2) is 0 Å². The molecule has 1 heterocycles. The molecular formula is C15H18N2O2. The summed E-state index contributed by atoms with van der Waals surface area (Å²) in [5.74, 6) is -0.356. The van der Waals surface area contributed by atoms with Crippen LogP contribution in [0.4, 0.5) is 0 Å². The van der Waals surface area contributed by atoms with Gasteiger partial charge in [-0.25, -0.2) is 0 Å². The Morgan fingerprint density at radius 1 is 0.947 bits per heavy atom. The quantitative estimate of drug-likeness (QED) is 0.618. The minimum absolute atomic E-state index is 0.0929. The van der Waals surface area contributed by atoms with Crippen LogP contribution in [-0.4, -0.2) is 28.8 Å². The third-order valence-corrected chi connectivity index (χ3v) is 4.19. The molecule has 2 amide bonds. The largest absolute Gasteiger partial charge is 0.326 e. The molecule has 0 bridgehead atoms. The lowest BCUT2D eigenvalue weighted by atomic mass is 10.0. The van der Waals surface area contributed by atoms with Crippen LogP contribution in [0, 0.1) is 0 Å². The molecule has 1 aliphatic heterocycles. The van der Waals surface area contributed by atoms with E-state index in [9.17, 15) is 9.59 Å². The summed E-state index contributed by atoms with van der Waals surface area (Å²) in [5, 5.41) is 0. The number of nitrogens with two attached hydrogens (primary N) is 1. The van der Waals surface area contributed by atoms with Gasteiger partial charge in [0, 0.05) is 6.04 Å². The van der Waals surface area contributed by atoms with Gasteiger partial charge < -0.3 is 5.73 Å². The summed E-state index contributed by atoms with van der Waals surface area (Å²) >= 11 is 0. The maximum atomic E-state index is 12.4. The number of carbonyl (C=O) groups is 2. The second-order valence-corrected chi connectivity index (χ2v) is 5.40. The number of imide groups is 1. The first kappa shape index (κ1) is 12.4. The fraction of sp³-hybridized carbons (Fsp3) is 0.467. The summed E-state index contributed by atoms with van der Waals surface area (Å²) in [4.78, 5) is 26.2. The van der Waals surface area contributed by atoms with Gasteiger partial charge in [0.05, 0.1) is 17.2 Å². The van der Waals surface area contributed by atoms with Gasteiger partial charge in [-0.3, -0.25) is 14.5 Å². The van der Waals surface area contributed by atoms with E-state index in [4.69, 9.17) is 5.73 Å². The lowest BCUT2D eigenvalue weighted by Gasteiger charge is -2.29. The Bertz CT molecular complexity index is 492. The van der Waals surface area contributed by atoms with Gasteiger partial charge in [-0.05, 0) is 25.0 Å². The van der Waals surface area contributed by atoms with Gasteiger partial charge in [-0.1, -0.05) is 31.4 Å². The molecule has 100 valence electrons. The summed E-state index contributed by atoms with van der Waals surface area (Å²) in [7, 11) is 0. The SMILES string of the molecule is NC1CCCCCC1N1C(=O)c2ccccc2C1=O. The first-order valence-electron chi connectivity index (χ1n) is 6.92. The molecule has 0 spiro atoms. The lowest BCUT2D eigenvalue weighted by molar-refractivity contribution is 0.0552. The number of benzene rings is 1. The molecule has 4 nitrogen and oxygen atoms in total. The van der Waals surface area contributed by atoms with E-state index in [0.717, 1.165) is 32.1 Å². The van der Waals surface area contributed by atoms with Crippen LogP contribution < -0.4 is 5.73 Å². The minimum Gasteiger partial charge on any atom is -0.326 e. The van der Waals surface area contributed by atoms with Gasteiger partial charge in [0.2, 0.25) is 0 Å². The molecule has 1 aromatic carbocycles. The maximum absolute atomic E-state index is 12.4. The van der Waals surface area contributed by atoms with Crippen LogP contribution in [0.1, 0.15) is 52.8 Å². The second-order valence-electron chi connectivity index (χ2n) is 5.40. The van der Waals surface area contributed by atoms with Crippen LogP contribution in [0.25, 0.3) is 0 Å². The van der Waals surface area contributed by atoms with Crippen LogP contribution in [-0.2, 0) is 0 Å². The first-order chi connectivity index (χ1) is 9.20. The van der Waals surface area contributed by atoms with Gasteiger partial charge >= 0.3 is 0 Å². The number of amides is 2. The molecule has 2 unspecified atom stereocenters. The predicted molar refractivity (Wildman–Crippen MR) is 71.8 cm³/mol. The van der Waals surface area contributed by atoms with Crippen molar-refractivity contribution in [3.63, 3.8) is 0 Å². The van der Waals surface area contributed by atoms with Crippen molar-refractivity contribution in [1.82, 2.24) is 4.90 Å². The number of hydrogen-bond acceptors (Lipinski definition) is 3. The van der Waals surface area contributed by atoms with Gasteiger partial charge in [-0.2, -0.15) is 0 Å². The minimum atomic E-state index is -0.178. The zero-order valence-corrected chi connectivity index (χ0v) is 10.8. The van der Waals surface area contributed by atoms with Crippen LogP contribution in [0.2, 0.25) is 0 Å². The number of carbonyl (C=O) groups excluding carboxylic acids is 2. The van der Waals surface area contributed by atoms with Gasteiger partial charge in [0.25, 0.3) is 11.8 Å². The van der Waals surface area contributed by atoms with E-state index in [1.807, 2.05) is 0 Å². The second kappa shape index (κ2) is 4.78. The molecular weight excluding hydrogens is 240 g/mol. The summed E-state index contributed by atoms with van der Waals surface area (Å²) in [6.45, 7) is 0. The summed E-state index contributed by atoms with van der Waals surface area (Å²) in [6, 6.07) is 6.79. The summed E-state index contributed by atoms with van der Waals surface area (Å²) in [6.07, 6.45) is 4.96. The average molecular weight is 258 g/mol. The van der Waals surface area contributed by atoms with Crippen molar-refractivity contribution in [1.29, 1.82) is 0 Å². The van der Waals surface area contributed by atoms with Crippen molar-refractivity contribution >= 4 is 11.8 Å². The zero-order valence-electron chi connectivity index (χ0n) is 10.8. The maximum Gasteiger partial charge on any atom is 0.261 e. The third-order valence-electron chi connectivity index (χ3n) is 4.19. The standard InChI is InChI=1S/C15H18N2O2/c16-12-8-2-1-3-9-13(12)17-14(18)10-6-4-5-7-11(10)15(17)19/h4-7,12-13H,1-3,8-9,16H2. The fourth-order valence-electron chi connectivity index (χ4n) is 3.15. The van der Waals surface area contributed by atoms with Crippen molar-refractivity contribution in [2.24, 2.45) is 5.73 Å². The molecule has 2 N–H and O–H groups in total. The van der Waals surface area contributed by atoms with E-state index in [-0.39, 0.29) is 23.9 Å². The third kappa shape index (κ3) is 1.96. The number of hydrogen-bond donors (Lipinski definition) is 1. The number of rotatable bonds is 1. The molecule has 2 aliphatic rings. The molecule has 4 heteroatoms. The molecule has 1 aliphatic carbocycles. The Morgan fingerprint density at radius 3 is 2.16 bits per heavy atom. The van der Waals surface area contributed by atoms with E-state index in [1.54, 1.807) is 24.3 Å². The molecule has 0 radical (unpaired) electrons. The van der Waals surface area contributed by atoms with Gasteiger partial charge in [-0.15, -0.1) is 0 Å². The molecule has 19 heavy (non-hydrogen) atoms. The normalized spacial score (nSPS) is 27.3. The highest BCUT2D eigenvalue weighted by Crippen LogP contribution is 2.29. The average Bonchev–Trinajstić information content (AvgIpc) is 2.57. The first-order valence-corrected chi connectivity index (χ1v) is 6.92. The Hall–Kier alpha value is -1.68. The van der Waals surface area contributed by atoms with Crippen molar-refractivity contribution in [3.05, 3.63) is 35.4 Å². The Labute approximate surface area is 112 Å². The molecule has 1 aromatic rings. The highest BCUT2D eigenvalue weighted by atomic mass is 16.2. The smallest absolute Gasteiger partial charge is 0.261 e. The molecule has 0 aromatic heterocycles. The topological polar surface area (TPSA) is 63.4 Å². The van der Waals surface area contributed by atoms with Gasteiger partial charge in [0.1, 0.15) is 0 Å². The van der Waals surface area contributed by atoms with E-state index < -0.39 is 0 Å². The molecule has 2 atom stereocenters. The Kier molecular flexibility index (Phi) is 3.11. The van der Waals surface area contributed by atoms with Crippen molar-refractivity contribution in [3.8, 4) is 0 Å². The number of fused-ring (bicyclic) bond motifs is 1. The van der Waals surface area contributed by atoms with Crippen molar-refractivity contribution in [2.45, 2.75) is 44.2 Å². The summed E-state index contributed by atoms with van der Waals surface area (Å²) in [5.41, 5.74) is 7.21. The monoisotopic (exact) mass is 258 g/mol. The highest BCUT2D eigenvalue weighted by Gasteiger charge is 2.41. The molecule has 1 fully saturated rings. The fourth-order valence-corrected chi connectivity index (χ4v) is 3.15.